The summed E-state index contributed by atoms with van der Waals surface area (Å²) >= 11 is 0. The van der Waals surface area contributed by atoms with E-state index >= 15 is 0 Å². The van der Waals surface area contributed by atoms with Crippen molar-refractivity contribution >= 4 is 0 Å². The summed E-state index contributed by atoms with van der Waals surface area (Å²) < 4.78 is 6.25. The summed E-state index contributed by atoms with van der Waals surface area (Å²) in [5, 5.41) is 10.8. The molecule has 5 aliphatic rings. The van der Waals surface area contributed by atoms with Gasteiger partial charge in [-0.25, -0.2) is 0 Å². The highest BCUT2D eigenvalue weighted by Gasteiger charge is 2.77. The van der Waals surface area contributed by atoms with Crippen molar-refractivity contribution in [1.82, 2.24) is 0 Å². The van der Waals surface area contributed by atoms with Gasteiger partial charge in [0.1, 0.15) is 0 Å². The maximum Gasteiger partial charge on any atom is 0.0638 e. The molecule has 5 fully saturated rings. The zero-order valence-corrected chi connectivity index (χ0v) is 19.0. The topological polar surface area (TPSA) is 29.5 Å². The largest absolute Gasteiger partial charge is 0.393 e. The molecule has 0 aromatic carbocycles. The van der Waals surface area contributed by atoms with E-state index in [1.165, 1.54) is 51.4 Å². The van der Waals surface area contributed by atoms with Crippen molar-refractivity contribution in [3.8, 4) is 0 Å². The van der Waals surface area contributed by atoms with Crippen LogP contribution in [0, 0.1) is 51.8 Å². The zero-order valence-electron chi connectivity index (χ0n) is 19.0. The molecule has 5 rings (SSSR count). The average Bonchev–Trinajstić information content (AvgIpc) is 3.18. The Balaban J connectivity index is 1.43. The molecule has 160 valence electrons. The van der Waals surface area contributed by atoms with Gasteiger partial charge in [-0.1, -0.05) is 34.1 Å². The number of fused-ring (bicyclic) bond motifs is 4. The maximum absolute atomic E-state index is 10.8. The molecule has 5 aliphatic carbocycles. The van der Waals surface area contributed by atoms with E-state index in [2.05, 4.69) is 27.7 Å². The highest BCUT2D eigenvalue weighted by Crippen LogP contribution is 2.82. The molecular weight excluding hydrogens is 344 g/mol. The van der Waals surface area contributed by atoms with Crippen LogP contribution in [0.1, 0.15) is 91.9 Å². The Morgan fingerprint density at radius 3 is 2.54 bits per heavy atom. The van der Waals surface area contributed by atoms with Gasteiger partial charge in [-0.2, -0.15) is 0 Å². The van der Waals surface area contributed by atoms with E-state index in [4.69, 9.17) is 4.74 Å². The van der Waals surface area contributed by atoms with E-state index in [1.807, 2.05) is 7.11 Å². The molecule has 0 aromatic rings. The first-order chi connectivity index (χ1) is 13.3. The molecule has 0 aliphatic heterocycles. The standard InChI is InChI=1S/C26H44O2/c1-6-7-22(27)16(2)19-8-9-20-18-14-23(28-5)26-15-17(26)10-13-25(26,4)21(18)11-12-24(19,20)3/h16-23,27H,6-15H2,1-5H3/t16-,17+,18-,19+,20-,21-,22+,23+,24+,25+,26-/m0/s1. The van der Waals surface area contributed by atoms with Crippen LogP contribution in [0.25, 0.3) is 0 Å². The van der Waals surface area contributed by atoms with Crippen molar-refractivity contribution in [2.75, 3.05) is 7.11 Å². The maximum atomic E-state index is 10.8. The van der Waals surface area contributed by atoms with Crippen LogP contribution in [0.3, 0.4) is 0 Å². The van der Waals surface area contributed by atoms with Gasteiger partial charge in [0.25, 0.3) is 0 Å². The van der Waals surface area contributed by atoms with Crippen LogP contribution in [0.5, 0.6) is 0 Å². The quantitative estimate of drug-likeness (QED) is 0.619. The van der Waals surface area contributed by atoms with E-state index in [9.17, 15) is 5.11 Å². The van der Waals surface area contributed by atoms with Crippen molar-refractivity contribution < 1.29 is 9.84 Å². The first-order valence-corrected chi connectivity index (χ1v) is 12.5. The minimum Gasteiger partial charge on any atom is -0.393 e. The molecule has 1 N–H and O–H groups in total. The fourth-order valence-electron chi connectivity index (χ4n) is 10.3. The first-order valence-electron chi connectivity index (χ1n) is 12.5. The van der Waals surface area contributed by atoms with Crippen LogP contribution in [0.2, 0.25) is 0 Å². The Kier molecular flexibility index (Phi) is 4.58. The Morgan fingerprint density at radius 1 is 1.07 bits per heavy atom. The lowest BCUT2D eigenvalue weighted by atomic mass is 9.45. The number of hydrogen-bond acceptors (Lipinski definition) is 2. The minimum atomic E-state index is -0.107. The lowest BCUT2D eigenvalue weighted by molar-refractivity contribution is -0.162. The molecule has 2 heteroatoms. The Bertz CT molecular complexity index is 618. The third-order valence-corrected chi connectivity index (χ3v) is 11.7. The van der Waals surface area contributed by atoms with Gasteiger partial charge in [0.05, 0.1) is 12.2 Å². The average molecular weight is 389 g/mol. The van der Waals surface area contributed by atoms with Crippen LogP contribution in [-0.2, 0) is 4.74 Å². The van der Waals surface area contributed by atoms with Gasteiger partial charge in [0, 0.05) is 12.5 Å². The molecule has 11 atom stereocenters. The monoisotopic (exact) mass is 388 g/mol. The number of hydrogen-bond donors (Lipinski definition) is 1. The zero-order chi connectivity index (χ0) is 19.9. The number of aliphatic hydroxyl groups is 1. The molecule has 0 unspecified atom stereocenters. The fourth-order valence-corrected chi connectivity index (χ4v) is 10.3. The third kappa shape index (κ3) is 2.29. The number of methoxy groups -OCH3 is 1. The van der Waals surface area contributed by atoms with Gasteiger partial charge in [-0.15, -0.1) is 0 Å². The molecule has 0 aromatic heterocycles. The van der Waals surface area contributed by atoms with E-state index in [0.29, 0.717) is 34.2 Å². The second kappa shape index (κ2) is 6.46. The van der Waals surface area contributed by atoms with Gasteiger partial charge >= 0.3 is 0 Å². The molecule has 28 heavy (non-hydrogen) atoms. The summed E-state index contributed by atoms with van der Waals surface area (Å²) in [6, 6.07) is 0. The highest BCUT2D eigenvalue weighted by atomic mass is 16.5. The predicted molar refractivity (Wildman–Crippen MR) is 114 cm³/mol. The third-order valence-electron chi connectivity index (χ3n) is 11.7. The van der Waals surface area contributed by atoms with Crippen LogP contribution in [-0.4, -0.2) is 24.4 Å². The Hall–Kier alpha value is -0.0800. The molecule has 1 spiro atoms. The van der Waals surface area contributed by atoms with Gasteiger partial charge in [0.2, 0.25) is 0 Å². The second-order valence-electron chi connectivity index (χ2n) is 12.2. The normalized spacial score (nSPS) is 56.4. The minimum absolute atomic E-state index is 0.107. The van der Waals surface area contributed by atoms with Gasteiger partial charge < -0.3 is 9.84 Å². The van der Waals surface area contributed by atoms with E-state index < -0.39 is 0 Å². The summed E-state index contributed by atoms with van der Waals surface area (Å²) in [7, 11) is 2.00. The molecule has 0 heterocycles. The summed E-state index contributed by atoms with van der Waals surface area (Å²) in [5.74, 6) is 4.78. The van der Waals surface area contributed by atoms with Crippen LogP contribution in [0.4, 0.5) is 0 Å². The second-order valence-corrected chi connectivity index (χ2v) is 12.2. The smallest absolute Gasteiger partial charge is 0.0638 e. The van der Waals surface area contributed by atoms with E-state index in [1.54, 1.807) is 0 Å². The molecule has 2 nitrogen and oxygen atoms in total. The van der Waals surface area contributed by atoms with Crippen LogP contribution < -0.4 is 0 Å². The van der Waals surface area contributed by atoms with Crippen molar-refractivity contribution in [3.05, 3.63) is 0 Å². The van der Waals surface area contributed by atoms with E-state index in [-0.39, 0.29) is 6.10 Å². The lowest BCUT2D eigenvalue weighted by Crippen LogP contribution is -2.57. The summed E-state index contributed by atoms with van der Waals surface area (Å²) in [4.78, 5) is 0. The molecule has 0 bridgehead atoms. The van der Waals surface area contributed by atoms with Crippen LogP contribution in [0.15, 0.2) is 0 Å². The van der Waals surface area contributed by atoms with Crippen molar-refractivity contribution in [1.29, 1.82) is 0 Å². The number of ether oxygens (including phenoxy) is 1. The summed E-state index contributed by atoms with van der Waals surface area (Å²) in [6.07, 6.45) is 13.7. The van der Waals surface area contributed by atoms with Gasteiger partial charge in [0.15, 0.2) is 0 Å². The van der Waals surface area contributed by atoms with Crippen molar-refractivity contribution in [2.45, 2.75) is 104 Å². The molecule has 0 saturated heterocycles. The van der Waals surface area contributed by atoms with Gasteiger partial charge in [-0.05, 0) is 104 Å². The van der Waals surface area contributed by atoms with Crippen molar-refractivity contribution in [3.63, 3.8) is 0 Å². The van der Waals surface area contributed by atoms with Gasteiger partial charge in [-0.3, -0.25) is 0 Å². The van der Waals surface area contributed by atoms with Crippen LogP contribution >= 0.6 is 0 Å². The predicted octanol–water partition coefficient (Wildman–Crippen LogP) is 6.07. The molecular formula is C26H44O2. The SMILES string of the molecule is CCC[C@@H](O)[C@@H](C)[C@H]1CC[C@H]2[C@@H]3C[C@@H](OC)[C@]45C[C@H]4CC[C@]5(C)[C@H]3CC[C@]12C. The summed E-state index contributed by atoms with van der Waals surface area (Å²) in [5.41, 5.74) is 1.52. The lowest BCUT2D eigenvalue weighted by Gasteiger charge is -2.61. The molecule has 0 amide bonds. The fraction of sp³-hybridized carbons (Fsp3) is 1.00. The molecule has 5 saturated carbocycles. The highest BCUT2D eigenvalue weighted by molar-refractivity contribution is 5.26. The molecule has 0 radical (unpaired) electrons. The van der Waals surface area contributed by atoms with E-state index in [0.717, 1.165) is 36.5 Å². The number of aliphatic hydroxyl groups excluding tert-OH is 1. The Labute approximate surface area is 173 Å². The number of rotatable bonds is 5. The summed E-state index contributed by atoms with van der Waals surface area (Å²) in [6.45, 7) is 9.84. The first kappa shape index (κ1) is 19.9. The van der Waals surface area contributed by atoms with Crippen molar-refractivity contribution in [2.24, 2.45) is 51.8 Å². The Morgan fingerprint density at radius 2 is 1.86 bits per heavy atom.